The molecule has 0 amide bonds. The van der Waals surface area contributed by atoms with Crippen LogP contribution in [0.1, 0.15) is 40.7 Å². The third kappa shape index (κ3) is 5.06. The number of hydrogen-bond acceptors (Lipinski definition) is 3. The first-order chi connectivity index (χ1) is 30.7. The van der Waals surface area contributed by atoms with Crippen molar-refractivity contribution in [2.24, 2.45) is 0 Å². The molecule has 11 aromatic rings. The Balaban J connectivity index is 1.09. The molecule has 0 radical (unpaired) electrons. The molecule has 62 heavy (non-hydrogen) atoms. The summed E-state index contributed by atoms with van der Waals surface area (Å²) in [7, 11) is 0. The number of allylic oxidation sites excluding steroid dienone is 4. The van der Waals surface area contributed by atoms with E-state index < -0.39 is 5.41 Å². The highest BCUT2D eigenvalue weighted by Crippen LogP contribution is 2.57. The van der Waals surface area contributed by atoms with Crippen LogP contribution in [0.3, 0.4) is 0 Å². The van der Waals surface area contributed by atoms with Crippen molar-refractivity contribution in [2.45, 2.75) is 18.3 Å². The van der Waals surface area contributed by atoms with E-state index in [1.165, 1.54) is 55.4 Å². The van der Waals surface area contributed by atoms with Gasteiger partial charge in [-0.1, -0.05) is 164 Å². The van der Waals surface area contributed by atoms with Crippen molar-refractivity contribution in [3.63, 3.8) is 0 Å². The average Bonchev–Trinajstić information content (AvgIpc) is 3.99. The highest BCUT2D eigenvalue weighted by molar-refractivity contribution is 6.12. The van der Waals surface area contributed by atoms with E-state index in [4.69, 9.17) is 8.83 Å². The molecule has 0 bridgehead atoms. The summed E-state index contributed by atoms with van der Waals surface area (Å²) in [4.78, 5) is 2.50. The lowest BCUT2D eigenvalue weighted by Gasteiger charge is -2.35. The fourth-order valence-corrected chi connectivity index (χ4v) is 10.7. The first-order valence-corrected chi connectivity index (χ1v) is 21.5. The standard InChI is InChI=1S/C59H39NO2/c1-3-18-41(19-4-1)59(42-20-5-2-6-21-42)51-26-12-9-23-45(51)46-32-31-43(37-52(46)59)60(54-28-15-25-48-47-24-11-14-29-55(47)62-58(48)54)53-27-13-10-22-44(53)40-30-33-56-49(35-40)50-34-38-16-7-8-17-39(38)36-57(50)61-56/h1-12,14-26,28-37H,13,27H2. The summed E-state index contributed by atoms with van der Waals surface area (Å²) in [5.74, 6) is 0. The zero-order valence-electron chi connectivity index (χ0n) is 33.9. The number of hydrogen-bond donors (Lipinski definition) is 0. The maximum Gasteiger partial charge on any atom is 0.159 e. The van der Waals surface area contributed by atoms with Crippen LogP contribution in [0, 0.1) is 0 Å². The lowest BCUT2D eigenvalue weighted by molar-refractivity contribution is 0.668. The lowest BCUT2D eigenvalue weighted by atomic mass is 9.67. The number of fused-ring (bicyclic) bond motifs is 10. The van der Waals surface area contributed by atoms with Crippen molar-refractivity contribution in [1.29, 1.82) is 0 Å². The number of rotatable bonds is 6. The summed E-state index contributed by atoms with van der Waals surface area (Å²) >= 11 is 0. The van der Waals surface area contributed by atoms with Crippen molar-refractivity contribution in [3.8, 4) is 11.1 Å². The predicted molar refractivity (Wildman–Crippen MR) is 256 cm³/mol. The smallest absolute Gasteiger partial charge is 0.159 e. The number of para-hydroxylation sites is 2. The van der Waals surface area contributed by atoms with Crippen LogP contribution in [0.15, 0.2) is 227 Å². The summed E-state index contributed by atoms with van der Waals surface area (Å²) in [5, 5.41) is 6.84. The number of nitrogens with zero attached hydrogens (tertiary/aromatic N) is 1. The second kappa shape index (κ2) is 13.6. The topological polar surface area (TPSA) is 29.5 Å². The van der Waals surface area contributed by atoms with Gasteiger partial charge in [0, 0.05) is 38.5 Å². The normalized spacial score (nSPS) is 14.3. The minimum atomic E-state index is -0.539. The van der Waals surface area contributed by atoms with Gasteiger partial charge in [0.1, 0.15) is 16.7 Å². The molecule has 2 heterocycles. The van der Waals surface area contributed by atoms with Gasteiger partial charge < -0.3 is 13.7 Å². The first kappa shape index (κ1) is 34.9. The quantitative estimate of drug-likeness (QED) is 0.168. The fourth-order valence-electron chi connectivity index (χ4n) is 10.7. The molecular weight excluding hydrogens is 755 g/mol. The number of anilines is 2. The Morgan fingerprint density at radius 3 is 1.97 bits per heavy atom. The molecule has 3 nitrogen and oxygen atoms in total. The van der Waals surface area contributed by atoms with Gasteiger partial charge in [-0.25, -0.2) is 0 Å². The Kier molecular flexibility index (Phi) is 7.65. The van der Waals surface area contributed by atoms with Crippen LogP contribution in [-0.2, 0) is 5.41 Å². The van der Waals surface area contributed by atoms with E-state index in [-0.39, 0.29) is 0 Å². The molecule has 0 spiro atoms. The molecule has 0 saturated carbocycles. The van der Waals surface area contributed by atoms with Gasteiger partial charge in [0.25, 0.3) is 0 Å². The Morgan fingerprint density at radius 1 is 0.452 bits per heavy atom. The van der Waals surface area contributed by atoms with Crippen molar-refractivity contribution < 1.29 is 8.83 Å². The molecule has 9 aromatic carbocycles. The molecule has 0 unspecified atom stereocenters. The highest BCUT2D eigenvalue weighted by atomic mass is 16.3. The molecule has 292 valence electrons. The minimum absolute atomic E-state index is 0.539. The molecule has 0 fully saturated rings. The van der Waals surface area contributed by atoms with Gasteiger partial charge in [-0.05, 0) is 111 Å². The second-order valence-corrected chi connectivity index (χ2v) is 16.7. The maximum absolute atomic E-state index is 6.88. The van der Waals surface area contributed by atoms with Crippen LogP contribution in [0.5, 0.6) is 0 Å². The Morgan fingerprint density at radius 2 is 1.13 bits per heavy atom. The molecule has 3 heteroatoms. The molecule has 0 atom stereocenters. The third-order valence-electron chi connectivity index (χ3n) is 13.4. The van der Waals surface area contributed by atoms with Crippen molar-refractivity contribution in [3.05, 3.63) is 246 Å². The van der Waals surface area contributed by atoms with E-state index in [1.54, 1.807) is 0 Å². The molecule has 2 aromatic heterocycles. The summed E-state index contributed by atoms with van der Waals surface area (Å²) in [5.41, 5.74) is 16.2. The fraction of sp³-hybridized carbons (Fsp3) is 0.0508. The van der Waals surface area contributed by atoms with E-state index in [9.17, 15) is 0 Å². The zero-order chi connectivity index (χ0) is 40.8. The molecule has 2 aliphatic rings. The third-order valence-corrected chi connectivity index (χ3v) is 13.4. The Bertz CT molecular complexity index is 3600. The summed E-state index contributed by atoms with van der Waals surface area (Å²) in [6, 6.07) is 72.9. The Hall–Kier alpha value is -7.88. The van der Waals surface area contributed by atoms with Crippen LogP contribution in [0.2, 0.25) is 0 Å². The van der Waals surface area contributed by atoms with Gasteiger partial charge in [-0.2, -0.15) is 0 Å². The zero-order valence-corrected chi connectivity index (χ0v) is 33.9. The summed E-state index contributed by atoms with van der Waals surface area (Å²) < 4.78 is 13.4. The van der Waals surface area contributed by atoms with Gasteiger partial charge in [0.05, 0.1) is 11.1 Å². The first-order valence-electron chi connectivity index (χ1n) is 21.5. The lowest BCUT2D eigenvalue weighted by Crippen LogP contribution is -2.29. The van der Waals surface area contributed by atoms with Crippen LogP contribution in [-0.4, -0.2) is 0 Å². The SMILES string of the molecule is C1=CC(c2ccc3oc4cc5ccccc5cc4c3c2)=C(N(c2ccc3c(c2)C(c2ccccc2)(c2ccccc2)c2ccccc2-3)c2cccc3c2oc2ccccc23)CC1. The van der Waals surface area contributed by atoms with Gasteiger partial charge in [0.15, 0.2) is 5.58 Å². The average molecular weight is 794 g/mol. The molecular formula is C59H39NO2. The van der Waals surface area contributed by atoms with Gasteiger partial charge >= 0.3 is 0 Å². The van der Waals surface area contributed by atoms with E-state index in [2.05, 4.69) is 217 Å². The predicted octanol–water partition coefficient (Wildman–Crippen LogP) is 15.9. The minimum Gasteiger partial charge on any atom is -0.456 e. The number of furan rings is 2. The maximum atomic E-state index is 6.88. The van der Waals surface area contributed by atoms with Gasteiger partial charge in [-0.3, -0.25) is 0 Å². The number of benzene rings is 9. The van der Waals surface area contributed by atoms with Gasteiger partial charge in [-0.15, -0.1) is 0 Å². The van der Waals surface area contributed by atoms with E-state index in [0.29, 0.717) is 0 Å². The van der Waals surface area contributed by atoms with E-state index >= 15 is 0 Å². The van der Waals surface area contributed by atoms with Crippen LogP contribution in [0.25, 0.3) is 71.3 Å². The molecule has 0 N–H and O–H groups in total. The second-order valence-electron chi connectivity index (χ2n) is 16.7. The molecule has 0 saturated heterocycles. The van der Waals surface area contributed by atoms with Crippen LogP contribution in [0.4, 0.5) is 11.4 Å². The van der Waals surface area contributed by atoms with Crippen molar-refractivity contribution in [2.75, 3.05) is 4.90 Å². The van der Waals surface area contributed by atoms with Crippen LogP contribution >= 0.6 is 0 Å². The van der Waals surface area contributed by atoms with Crippen LogP contribution < -0.4 is 4.90 Å². The van der Waals surface area contributed by atoms with Crippen molar-refractivity contribution >= 4 is 71.6 Å². The highest BCUT2D eigenvalue weighted by Gasteiger charge is 2.46. The van der Waals surface area contributed by atoms with E-state index in [1.807, 2.05) is 0 Å². The van der Waals surface area contributed by atoms with Gasteiger partial charge in [0.2, 0.25) is 0 Å². The van der Waals surface area contributed by atoms with Crippen molar-refractivity contribution in [1.82, 2.24) is 0 Å². The Labute approximate surface area is 359 Å². The summed E-state index contributed by atoms with van der Waals surface area (Å²) in [6.45, 7) is 0. The monoisotopic (exact) mass is 793 g/mol. The summed E-state index contributed by atoms with van der Waals surface area (Å²) in [6.07, 6.45) is 6.41. The molecule has 0 aliphatic heterocycles. The largest absolute Gasteiger partial charge is 0.456 e. The molecule has 2 aliphatic carbocycles. The van der Waals surface area contributed by atoms with E-state index in [0.717, 1.165) is 73.7 Å². The molecule has 13 rings (SSSR count).